The molecule has 7 heteroatoms. The van der Waals surface area contributed by atoms with E-state index in [9.17, 15) is 13.2 Å². The van der Waals surface area contributed by atoms with Gasteiger partial charge in [0.25, 0.3) is 16.0 Å². The van der Waals surface area contributed by atoms with Crippen molar-refractivity contribution in [1.29, 1.82) is 0 Å². The molecule has 0 bridgehead atoms. The van der Waals surface area contributed by atoms with E-state index in [0.29, 0.717) is 11.5 Å². The molecule has 1 amide bonds. The fraction of sp³-hybridized carbons (Fsp3) is 0.727. The molecule has 1 aromatic rings. The maximum absolute atomic E-state index is 12.8. The van der Waals surface area contributed by atoms with Crippen LogP contribution in [0.25, 0.3) is 0 Å². The first-order valence-corrected chi connectivity index (χ1v) is 12.3. The standard InChI is InChI=1S/C22H34N2O4S/c1-15-17(14-28-29(5,26)27)22(4)10-7-9-21(2,3)19(22)12-18(15)24-20(25)16-8-6-11-23-13-16/h6,8,11,13,15,17-19H,7,9-10,12,14H2,1-5H3,(H,24,25). The third-order valence-electron chi connectivity index (χ3n) is 7.58. The number of aromatic nitrogens is 1. The van der Waals surface area contributed by atoms with Crippen molar-refractivity contribution in [2.45, 2.75) is 59.4 Å². The third kappa shape index (κ3) is 4.66. The molecule has 6 nitrogen and oxygen atoms in total. The number of amides is 1. The predicted molar refractivity (Wildman–Crippen MR) is 113 cm³/mol. The van der Waals surface area contributed by atoms with Crippen LogP contribution in [0.15, 0.2) is 24.5 Å². The molecule has 29 heavy (non-hydrogen) atoms. The SMILES string of the molecule is CC1C(NC(=O)c2cccnc2)CC2C(C)(C)CCCC2(C)C1COS(C)(=O)=O. The molecule has 2 aliphatic carbocycles. The van der Waals surface area contributed by atoms with Gasteiger partial charge >= 0.3 is 0 Å². The van der Waals surface area contributed by atoms with Gasteiger partial charge in [0.1, 0.15) is 0 Å². The molecule has 2 aliphatic rings. The number of fused-ring (bicyclic) bond motifs is 1. The number of carbonyl (C=O) groups is 1. The predicted octanol–water partition coefficient (Wildman–Crippen LogP) is 3.64. The Kier molecular flexibility index (Phi) is 6.12. The molecule has 0 aliphatic heterocycles. The normalized spacial score (nSPS) is 34.2. The summed E-state index contributed by atoms with van der Waals surface area (Å²) in [5, 5.41) is 3.22. The second-order valence-electron chi connectivity index (χ2n) is 9.91. The fourth-order valence-corrected chi connectivity index (χ4v) is 6.42. The first-order chi connectivity index (χ1) is 13.4. The van der Waals surface area contributed by atoms with E-state index >= 15 is 0 Å². The lowest BCUT2D eigenvalue weighted by Crippen LogP contribution is -2.60. The monoisotopic (exact) mass is 422 g/mol. The molecule has 162 valence electrons. The minimum absolute atomic E-state index is 0.0125. The summed E-state index contributed by atoms with van der Waals surface area (Å²) in [5.41, 5.74) is 0.662. The Labute approximate surface area is 175 Å². The fourth-order valence-electron chi connectivity index (χ4n) is 6.03. The highest BCUT2D eigenvalue weighted by Crippen LogP contribution is 2.61. The smallest absolute Gasteiger partial charge is 0.264 e. The molecule has 0 radical (unpaired) electrons. The summed E-state index contributed by atoms with van der Waals surface area (Å²) in [6.45, 7) is 9.19. The number of nitrogens with zero attached hydrogens (tertiary/aromatic N) is 1. The van der Waals surface area contributed by atoms with Crippen LogP contribution in [-0.4, -0.2) is 38.2 Å². The second kappa shape index (κ2) is 7.99. The Morgan fingerprint density at radius 2 is 2.03 bits per heavy atom. The van der Waals surface area contributed by atoms with Crippen LogP contribution in [-0.2, 0) is 14.3 Å². The van der Waals surface area contributed by atoms with Crippen LogP contribution in [0, 0.1) is 28.6 Å². The number of pyridine rings is 1. The van der Waals surface area contributed by atoms with Crippen LogP contribution >= 0.6 is 0 Å². The summed E-state index contributed by atoms with van der Waals surface area (Å²) in [6.07, 6.45) is 8.56. The number of hydrogen-bond donors (Lipinski definition) is 1. The van der Waals surface area contributed by atoms with Gasteiger partial charge in [-0.05, 0) is 60.0 Å². The van der Waals surface area contributed by atoms with E-state index < -0.39 is 10.1 Å². The summed E-state index contributed by atoms with van der Waals surface area (Å²) in [6, 6.07) is 3.48. The molecule has 3 rings (SSSR count). The number of nitrogens with one attached hydrogen (secondary N) is 1. The van der Waals surface area contributed by atoms with Gasteiger partial charge in [-0.15, -0.1) is 0 Å². The molecular formula is C22H34N2O4S. The van der Waals surface area contributed by atoms with Gasteiger partial charge in [0.05, 0.1) is 18.4 Å². The van der Waals surface area contributed by atoms with Gasteiger partial charge in [-0.3, -0.25) is 14.0 Å². The maximum atomic E-state index is 12.8. The van der Waals surface area contributed by atoms with Crippen LogP contribution in [0.5, 0.6) is 0 Å². The van der Waals surface area contributed by atoms with Crippen molar-refractivity contribution < 1.29 is 17.4 Å². The van der Waals surface area contributed by atoms with Gasteiger partial charge < -0.3 is 5.32 Å². The Morgan fingerprint density at radius 1 is 1.31 bits per heavy atom. The Balaban J connectivity index is 1.89. The minimum Gasteiger partial charge on any atom is -0.349 e. The van der Waals surface area contributed by atoms with Crippen molar-refractivity contribution in [2.75, 3.05) is 12.9 Å². The summed E-state index contributed by atoms with van der Waals surface area (Å²) in [5.74, 6) is 0.407. The highest BCUT2D eigenvalue weighted by Gasteiger charge is 2.56. The van der Waals surface area contributed by atoms with Crippen LogP contribution in [0.4, 0.5) is 0 Å². The lowest BCUT2D eigenvalue weighted by atomic mass is 9.46. The summed E-state index contributed by atoms with van der Waals surface area (Å²) in [4.78, 5) is 16.8. The highest BCUT2D eigenvalue weighted by molar-refractivity contribution is 7.85. The zero-order chi connectivity index (χ0) is 21.4. The quantitative estimate of drug-likeness (QED) is 0.732. The van der Waals surface area contributed by atoms with Crippen molar-refractivity contribution >= 4 is 16.0 Å². The maximum Gasteiger partial charge on any atom is 0.264 e. The van der Waals surface area contributed by atoms with E-state index in [1.165, 1.54) is 0 Å². The average Bonchev–Trinajstić information content (AvgIpc) is 2.62. The summed E-state index contributed by atoms with van der Waals surface area (Å²) >= 11 is 0. The molecule has 5 unspecified atom stereocenters. The van der Waals surface area contributed by atoms with Gasteiger partial charge in [0.2, 0.25) is 0 Å². The van der Waals surface area contributed by atoms with Gasteiger partial charge in [-0.2, -0.15) is 8.42 Å². The molecule has 5 atom stereocenters. The first kappa shape index (κ1) is 22.2. The zero-order valence-electron chi connectivity index (χ0n) is 18.1. The molecule has 1 heterocycles. The van der Waals surface area contributed by atoms with E-state index in [1.807, 2.05) is 0 Å². The van der Waals surface area contributed by atoms with Crippen molar-refractivity contribution in [3.05, 3.63) is 30.1 Å². The molecule has 1 N–H and O–H groups in total. The first-order valence-electron chi connectivity index (χ1n) is 10.5. The molecule has 2 saturated carbocycles. The second-order valence-corrected chi connectivity index (χ2v) is 11.6. The highest BCUT2D eigenvalue weighted by atomic mass is 32.2. The molecule has 0 spiro atoms. The lowest BCUT2D eigenvalue weighted by molar-refractivity contribution is -0.115. The summed E-state index contributed by atoms with van der Waals surface area (Å²) in [7, 11) is -3.52. The van der Waals surface area contributed by atoms with E-state index in [4.69, 9.17) is 4.18 Å². The van der Waals surface area contributed by atoms with Crippen LogP contribution in [0.1, 0.15) is 63.7 Å². The average molecular weight is 423 g/mol. The Morgan fingerprint density at radius 3 is 2.66 bits per heavy atom. The van der Waals surface area contributed by atoms with Crippen molar-refractivity contribution in [1.82, 2.24) is 10.3 Å². The van der Waals surface area contributed by atoms with Crippen LogP contribution in [0.3, 0.4) is 0 Å². The van der Waals surface area contributed by atoms with Crippen molar-refractivity contribution in [3.63, 3.8) is 0 Å². The van der Waals surface area contributed by atoms with Gasteiger partial charge in [0.15, 0.2) is 0 Å². The molecule has 2 fully saturated rings. The van der Waals surface area contributed by atoms with Crippen molar-refractivity contribution in [3.8, 4) is 0 Å². The van der Waals surface area contributed by atoms with Gasteiger partial charge in [-0.1, -0.05) is 34.1 Å². The number of rotatable bonds is 5. The summed E-state index contributed by atoms with van der Waals surface area (Å²) < 4.78 is 28.7. The molecule has 0 aromatic carbocycles. The van der Waals surface area contributed by atoms with E-state index in [1.54, 1.807) is 24.5 Å². The number of hydrogen-bond acceptors (Lipinski definition) is 5. The van der Waals surface area contributed by atoms with E-state index in [2.05, 4.69) is 38.0 Å². The topological polar surface area (TPSA) is 85.4 Å². The molecule has 0 saturated heterocycles. The molecular weight excluding hydrogens is 388 g/mol. The molecule has 1 aromatic heterocycles. The lowest BCUT2D eigenvalue weighted by Gasteiger charge is -2.60. The largest absolute Gasteiger partial charge is 0.349 e. The Hall–Kier alpha value is -1.47. The van der Waals surface area contributed by atoms with E-state index in [-0.39, 0.29) is 41.2 Å². The van der Waals surface area contributed by atoms with Crippen molar-refractivity contribution in [2.24, 2.45) is 28.6 Å². The van der Waals surface area contributed by atoms with Crippen LogP contribution in [0.2, 0.25) is 0 Å². The number of carbonyl (C=O) groups excluding carboxylic acids is 1. The minimum atomic E-state index is -3.52. The Bertz CT molecular complexity index is 840. The van der Waals surface area contributed by atoms with E-state index in [0.717, 1.165) is 31.9 Å². The van der Waals surface area contributed by atoms with Gasteiger partial charge in [0, 0.05) is 18.4 Å². The van der Waals surface area contributed by atoms with Gasteiger partial charge in [-0.25, -0.2) is 0 Å². The van der Waals surface area contributed by atoms with Crippen LogP contribution < -0.4 is 5.32 Å². The zero-order valence-corrected chi connectivity index (χ0v) is 19.0. The third-order valence-corrected chi connectivity index (χ3v) is 8.15.